The lowest BCUT2D eigenvalue weighted by Crippen LogP contribution is -2.20. The molecule has 0 atom stereocenters. The van der Waals surface area contributed by atoms with E-state index in [-0.39, 0.29) is 5.91 Å². The van der Waals surface area contributed by atoms with Crippen LogP contribution in [0.1, 0.15) is 40.2 Å². The number of hydrogen-bond acceptors (Lipinski definition) is 4. The number of hydrogen-bond donors (Lipinski definition) is 2. The first kappa shape index (κ1) is 12.5. The molecule has 0 saturated carbocycles. The van der Waals surface area contributed by atoms with Gasteiger partial charge in [0.15, 0.2) is 5.69 Å². The summed E-state index contributed by atoms with van der Waals surface area (Å²) < 4.78 is 0. The Hall–Kier alpha value is -2.50. The molecular weight excluding hydrogens is 254 g/mol. The van der Waals surface area contributed by atoms with Crippen molar-refractivity contribution in [2.75, 3.05) is 0 Å². The van der Waals surface area contributed by atoms with Gasteiger partial charge in [-0.15, -0.1) is 0 Å². The van der Waals surface area contributed by atoms with Gasteiger partial charge in [0, 0.05) is 29.2 Å². The number of carbonyl (C=O) groups is 1. The van der Waals surface area contributed by atoms with E-state index in [1.165, 1.54) is 0 Å². The van der Waals surface area contributed by atoms with Crippen molar-refractivity contribution in [3.8, 4) is 0 Å². The summed E-state index contributed by atoms with van der Waals surface area (Å²) in [7, 11) is 0. The number of nitrogens with one attached hydrogen (secondary N) is 2. The fraction of sp³-hybridized carbons (Fsp3) is 0.286. The molecule has 0 fully saturated rings. The van der Waals surface area contributed by atoms with E-state index in [1.54, 1.807) is 18.6 Å². The number of aryl methyl sites for hydroxylation is 1. The van der Waals surface area contributed by atoms with Crippen LogP contribution in [-0.4, -0.2) is 27.3 Å². The van der Waals surface area contributed by atoms with Gasteiger partial charge < -0.3 is 0 Å². The zero-order chi connectivity index (χ0) is 13.8. The molecule has 2 aromatic heterocycles. The molecule has 3 rings (SSSR count). The van der Waals surface area contributed by atoms with E-state index in [0.717, 1.165) is 42.5 Å². The third-order valence-electron chi connectivity index (χ3n) is 3.34. The zero-order valence-corrected chi connectivity index (χ0v) is 11.0. The van der Waals surface area contributed by atoms with E-state index in [2.05, 4.69) is 25.7 Å². The first-order valence-corrected chi connectivity index (χ1v) is 6.64. The third-order valence-corrected chi connectivity index (χ3v) is 3.34. The van der Waals surface area contributed by atoms with Crippen LogP contribution in [0.2, 0.25) is 0 Å². The average molecular weight is 269 g/mol. The molecule has 2 aromatic rings. The van der Waals surface area contributed by atoms with Gasteiger partial charge in [0.2, 0.25) is 0 Å². The molecule has 0 radical (unpaired) electrons. The number of rotatable bonds is 3. The summed E-state index contributed by atoms with van der Waals surface area (Å²) in [5.41, 5.74) is 5.91. The summed E-state index contributed by atoms with van der Waals surface area (Å²) in [5.74, 6) is -0.274. The Balaban J connectivity index is 1.68. The number of carbonyl (C=O) groups excluding carboxylic acids is 1. The maximum atomic E-state index is 12.0. The van der Waals surface area contributed by atoms with Crippen molar-refractivity contribution in [2.24, 2.45) is 5.10 Å². The van der Waals surface area contributed by atoms with Gasteiger partial charge in [0.05, 0.1) is 6.21 Å². The molecular formula is C14H15N5O. The van der Waals surface area contributed by atoms with E-state index in [4.69, 9.17) is 0 Å². The van der Waals surface area contributed by atoms with Gasteiger partial charge in [-0.3, -0.25) is 14.9 Å². The van der Waals surface area contributed by atoms with Gasteiger partial charge in [0.1, 0.15) is 0 Å². The molecule has 6 nitrogen and oxygen atoms in total. The van der Waals surface area contributed by atoms with Crippen LogP contribution >= 0.6 is 0 Å². The lowest BCUT2D eigenvalue weighted by atomic mass is 9.96. The zero-order valence-electron chi connectivity index (χ0n) is 11.0. The molecule has 0 spiro atoms. The molecule has 0 aliphatic heterocycles. The number of nitrogens with zero attached hydrogens (tertiary/aromatic N) is 3. The van der Waals surface area contributed by atoms with E-state index >= 15 is 0 Å². The Morgan fingerprint density at radius 1 is 1.40 bits per heavy atom. The van der Waals surface area contributed by atoms with E-state index in [1.807, 2.05) is 12.1 Å². The molecule has 102 valence electrons. The average Bonchev–Trinajstić information content (AvgIpc) is 2.92. The minimum Gasteiger partial charge on any atom is -0.281 e. The van der Waals surface area contributed by atoms with Crippen molar-refractivity contribution in [3.63, 3.8) is 0 Å². The van der Waals surface area contributed by atoms with E-state index < -0.39 is 0 Å². The van der Waals surface area contributed by atoms with Gasteiger partial charge in [-0.25, -0.2) is 5.43 Å². The van der Waals surface area contributed by atoms with E-state index in [9.17, 15) is 4.79 Å². The highest BCUT2D eigenvalue weighted by Gasteiger charge is 2.21. The monoisotopic (exact) mass is 269 g/mol. The molecule has 0 unspecified atom stereocenters. The highest BCUT2D eigenvalue weighted by atomic mass is 16.2. The molecule has 1 aliphatic rings. The van der Waals surface area contributed by atoms with Crippen molar-refractivity contribution >= 4 is 12.1 Å². The summed E-state index contributed by atoms with van der Waals surface area (Å²) in [6.07, 6.45) is 9.04. The fourth-order valence-corrected chi connectivity index (χ4v) is 2.34. The van der Waals surface area contributed by atoms with Crippen molar-refractivity contribution in [3.05, 3.63) is 47.0 Å². The van der Waals surface area contributed by atoms with Crippen LogP contribution in [0, 0.1) is 0 Å². The minimum atomic E-state index is -0.274. The molecule has 2 heterocycles. The maximum absolute atomic E-state index is 12.0. The summed E-state index contributed by atoms with van der Waals surface area (Å²) >= 11 is 0. The van der Waals surface area contributed by atoms with Gasteiger partial charge in [-0.2, -0.15) is 10.2 Å². The normalized spacial score (nSPS) is 14.2. The molecule has 20 heavy (non-hydrogen) atoms. The van der Waals surface area contributed by atoms with Crippen molar-refractivity contribution in [1.29, 1.82) is 0 Å². The lowest BCUT2D eigenvalue weighted by Gasteiger charge is -2.10. The first-order valence-electron chi connectivity index (χ1n) is 6.64. The number of pyridine rings is 1. The Kier molecular flexibility index (Phi) is 3.54. The highest BCUT2D eigenvalue weighted by molar-refractivity contribution is 5.94. The number of H-pyrrole nitrogens is 1. The smallest absolute Gasteiger partial charge is 0.281 e. The molecule has 1 amide bonds. The molecule has 0 aromatic carbocycles. The predicted molar refractivity (Wildman–Crippen MR) is 74.5 cm³/mol. The van der Waals surface area contributed by atoms with Crippen LogP contribution in [0.4, 0.5) is 0 Å². The SMILES string of the molecule is O=C(NN=Cc1cccnc1)c1n[nH]c2c1CCCC2. The molecule has 0 saturated heterocycles. The van der Waals surface area contributed by atoms with Crippen LogP contribution in [-0.2, 0) is 12.8 Å². The van der Waals surface area contributed by atoms with E-state index in [0.29, 0.717) is 5.69 Å². The Morgan fingerprint density at radius 2 is 2.30 bits per heavy atom. The van der Waals surface area contributed by atoms with Crippen LogP contribution in [0.15, 0.2) is 29.6 Å². The van der Waals surface area contributed by atoms with Crippen LogP contribution in [0.5, 0.6) is 0 Å². The van der Waals surface area contributed by atoms with Gasteiger partial charge >= 0.3 is 0 Å². The van der Waals surface area contributed by atoms with Gasteiger partial charge in [-0.05, 0) is 31.7 Å². The number of amides is 1. The fourth-order valence-electron chi connectivity index (χ4n) is 2.34. The second kappa shape index (κ2) is 5.64. The number of fused-ring (bicyclic) bond motifs is 1. The van der Waals surface area contributed by atoms with Gasteiger partial charge in [0.25, 0.3) is 5.91 Å². The predicted octanol–water partition coefficient (Wildman–Crippen LogP) is 1.45. The second-order valence-electron chi connectivity index (χ2n) is 4.72. The second-order valence-corrected chi connectivity index (χ2v) is 4.72. The summed E-state index contributed by atoms with van der Waals surface area (Å²) in [4.78, 5) is 16.0. The van der Waals surface area contributed by atoms with Crippen LogP contribution < -0.4 is 5.43 Å². The number of aromatic nitrogens is 3. The summed E-state index contributed by atoms with van der Waals surface area (Å²) in [6.45, 7) is 0. The Labute approximate surface area is 116 Å². The van der Waals surface area contributed by atoms with Crippen molar-refractivity contribution in [1.82, 2.24) is 20.6 Å². The number of aromatic amines is 1. The van der Waals surface area contributed by atoms with Crippen molar-refractivity contribution < 1.29 is 4.79 Å². The quantitative estimate of drug-likeness (QED) is 0.653. The van der Waals surface area contributed by atoms with Crippen molar-refractivity contribution in [2.45, 2.75) is 25.7 Å². The Bertz CT molecular complexity index is 632. The summed E-state index contributed by atoms with van der Waals surface area (Å²) in [6, 6.07) is 3.67. The standard InChI is InChI=1S/C14H15N5O/c20-14(19-16-9-10-4-3-7-15-8-10)13-11-5-1-2-6-12(11)17-18-13/h3-4,7-9H,1-2,5-6H2,(H,17,18)(H,19,20). The maximum Gasteiger partial charge on any atom is 0.292 e. The van der Waals surface area contributed by atoms with Crippen LogP contribution in [0.25, 0.3) is 0 Å². The largest absolute Gasteiger partial charge is 0.292 e. The molecule has 0 bridgehead atoms. The minimum absolute atomic E-state index is 0.274. The lowest BCUT2D eigenvalue weighted by molar-refractivity contribution is 0.0949. The topological polar surface area (TPSA) is 83.0 Å². The molecule has 1 aliphatic carbocycles. The van der Waals surface area contributed by atoms with Crippen LogP contribution in [0.3, 0.4) is 0 Å². The highest BCUT2D eigenvalue weighted by Crippen LogP contribution is 2.21. The summed E-state index contributed by atoms with van der Waals surface area (Å²) in [5, 5.41) is 11.0. The first-order chi connectivity index (χ1) is 9.84. The third kappa shape index (κ3) is 2.59. The number of hydrazone groups is 1. The molecule has 2 N–H and O–H groups in total. The Morgan fingerprint density at radius 3 is 3.15 bits per heavy atom. The van der Waals surface area contributed by atoms with Gasteiger partial charge in [-0.1, -0.05) is 6.07 Å². The molecule has 6 heteroatoms.